The SMILES string of the molecule is CC(C)CC[C@H](O)[C@H](N)c1ccc(Cl)cc1C(F)(F)F.Cl. The van der Waals surface area contributed by atoms with Crippen molar-refractivity contribution in [2.75, 3.05) is 0 Å². The summed E-state index contributed by atoms with van der Waals surface area (Å²) >= 11 is 5.61. The Hall–Kier alpha value is -0.490. The van der Waals surface area contributed by atoms with Gasteiger partial charge in [-0.15, -0.1) is 12.4 Å². The lowest BCUT2D eigenvalue weighted by atomic mass is 9.93. The first-order valence-electron chi connectivity index (χ1n) is 6.43. The Morgan fingerprint density at radius 1 is 1.24 bits per heavy atom. The predicted molar refractivity (Wildman–Crippen MR) is 80.7 cm³/mol. The molecule has 2 atom stereocenters. The number of aliphatic hydroxyl groups is 1. The van der Waals surface area contributed by atoms with Crippen LogP contribution in [0.2, 0.25) is 5.02 Å². The van der Waals surface area contributed by atoms with Gasteiger partial charge < -0.3 is 10.8 Å². The summed E-state index contributed by atoms with van der Waals surface area (Å²) in [5.74, 6) is 0.351. The molecule has 0 unspecified atom stereocenters. The number of nitrogens with two attached hydrogens (primary N) is 1. The Kier molecular flexibility index (Phi) is 8.03. The molecule has 0 bridgehead atoms. The Morgan fingerprint density at radius 3 is 2.29 bits per heavy atom. The molecule has 1 rings (SSSR count). The van der Waals surface area contributed by atoms with Gasteiger partial charge in [-0.3, -0.25) is 0 Å². The van der Waals surface area contributed by atoms with E-state index in [4.69, 9.17) is 17.3 Å². The minimum Gasteiger partial charge on any atom is -0.391 e. The van der Waals surface area contributed by atoms with Gasteiger partial charge in [0.2, 0.25) is 0 Å². The van der Waals surface area contributed by atoms with E-state index >= 15 is 0 Å². The molecule has 7 heteroatoms. The summed E-state index contributed by atoms with van der Waals surface area (Å²) in [6, 6.07) is 2.34. The molecule has 0 saturated heterocycles. The van der Waals surface area contributed by atoms with Gasteiger partial charge in [0.25, 0.3) is 0 Å². The molecule has 0 spiro atoms. The number of alkyl halides is 3. The highest BCUT2D eigenvalue weighted by Gasteiger charge is 2.36. The lowest BCUT2D eigenvalue weighted by molar-refractivity contribution is -0.138. The second kappa shape index (κ2) is 8.22. The molecule has 122 valence electrons. The molecule has 0 aliphatic heterocycles. The van der Waals surface area contributed by atoms with Crippen molar-refractivity contribution >= 4 is 24.0 Å². The number of hydrogen-bond acceptors (Lipinski definition) is 2. The maximum Gasteiger partial charge on any atom is 0.416 e. The second-order valence-electron chi connectivity index (χ2n) is 5.29. The monoisotopic (exact) mass is 345 g/mol. The van der Waals surface area contributed by atoms with E-state index in [0.29, 0.717) is 18.8 Å². The van der Waals surface area contributed by atoms with E-state index in [-0.39, 0.29) is 23.0 Å². The van der Waals surface area contributed by atoms with Gasteiger partial charge >= 0.3 is 6.18 Å². The van der Waals surface area contributed by atoms with Crippen molar-refractivity contribution in [2.45, 2.75) is 45.0 Å². The summed E-state index contributed by atoms with van der Waals surface area (Å²) in [4.78, 5) is 0. The van der Waals surface area contributed by atoms with Gasteiger partial charge in [0, 0.05) is 5.02 Å². The van der Waals surface area contributed by atoms with Crippen molar-refractivity contribution < 1.29 is 18.3 Å². The molecule has 0 saturated carbocycles. The van der Waals surface area contributed by atoms with E-state index in [1.54, 1.807) is 0 Å². The summed E-state index contributed by atoms with van der Waals surface area (Å²) in [6.07, 6.45) is -4.50. The molecule has 0 radical (unpaired) electrons. The fourth-order valence-electron chi connectivity index (χ4n) is 1.96. The fourth-order valence-corrected chi connectivity index (χ4v) is 2.13. The third-order valence-corrected chi connectivity index (χ3v) is 3.37. The Balaban J connectivity index is 0.00000400. The van der Waals surface area contributed by atoms with Crippen LogP contribution in [0.4, 0.5) is 13.2 Å². The summed E-state index contributed by atoms with van der Waals surface area (Å²) in [7, 11) is 0. The van der Waals surface area contributed by atoms with E-state index in [9.17, 15) is 18.3 Å². The number of halogens is 5. The molecule has 1 aromatic rings. The van der Waals surface area contributed by atoms with Crippen molar-refractivity contribution in [2.24, 2.45) is 11.7 Å². The highest BCUT2D eigenvalue weighted by molar-refractivity contribution is 6.30. The number of benzene rings is 1. The quantitative estimate of drug-likeness (QED) is 0.820. The molecule has 0 aromatic heterocycles. The molecule has 0 aliphatic carbocycles. The summed E-state index contributed by atoms with van der Waals surface area (Å²) in [6.45, 7) is 3.95. The van der Waals surface area contributed by atoms with Crippen LogP contribution in [0.5, 0.6) is 0 Å². The first-order valence-corrected chi connectivity index (χ1v) is 6.81. The van der Waals surface area contributed by atoms with E-state index in [1.807, 2.05) is 13.8 Å². The standard InChI is InChI=1S/C14H19ClF3NO.ClH/c1-8(2)3-6-12(20)13(19)10-5-4-9(15)7-11(10)14(16,17)18;/h4-5,7-8,12-13,20H,3,6,19H2,1-2H3;1H/t12-,13+;/m0./s1. The van der Waals surface area contributed by atoms with E-state index in [1.165, 1.54) is 12.1 Å². The van der Waals surface area contributed by atoms with Crippen LogP contribution in [0.25, 0.3) is 0 Å². The van der Waals surface area contributed by atoms with Gasteiger partial charge in [-0.05, 0) is 36.5 Å². The number of rotatable bonds is 5. The molecule has 0 amide bonds. The van der Waals surface area contributed by atoms with Crippen molar-refractivity contribution in [3.63, 3.8) is 0 Å². The molecule has 3 N–H and O–H groups in total. The highest BCUT2D eigenvalue weighted by atomic mass is 35.5. The van der Waals surface area contributed by atoms with Crippen molar-refractivity contribution in [3.8, 4) is 0 Å². The average molecular weight is 346 g/mol. The van der Waals surface area contributed by atoms with Crippen LogP contribution in [-0.2, 0) is 6.18 Å². The first-order chi connectivity index (χ1) is 9.12. The molecule has 0 heterocycles. The van der Waals surface area contributed by atoms with Gasteiger partial charge in [-0.1, -0.05) is 31.5 Å². The van der Waals surface area contributed by atoms with Gasteiger partial charge in [0.15, 0.2) is 0 Å². The van der Waals surface area contributed by atoms with Crippen LogP contribution in [0, 0.1) is 5.92 Å². The van der Waals surface area contributed by atoms with Crippen molar-refractivity contribution in [1.82, 2.24) is 0 Å². The van der Waals surface area contributed by atoms with Crippen LogP contribution in [0.15, 0.2) is 18.2 Å². The third-order valence-electron chi connectivity index (χ3n) is 3.13. The molecule has 0 aliphatic rings. The highest BCUT2D eigenvalue weighted by Crippen LogP contribution is 2.37. The zero-order valence-electron chi connectivity index (χ0n) is 11.8. The topological polar surface area (TPSA) is 46.2 Å². The smallest absolute Gasteiger partial charge is 0.391 e. The van der Waals surface area contributed by atoms with E-state index in [2.05, 4.69) is 0 Å². The Bertz CT molecular complexity index is 452. The maximum absolute atomic E-state index is 13.0. The average Bonchev–Trinajstić information content (AvgIpc) is 2.33. The van der Waals surface area contributed by atoms with Crippen LogP contribution in [0.1, 0.15) is 43.9 Å². The zero-order valence-corrected chi connectivity index (χ0v) is 13.4. The molecular weight excluding hydrogens is 326 g/mol. The Morgan fingerprint density at radius 2 is 1.81 bits per heavy atom. The summed E-state index contributed by atoms with van der Waals surface area (Å²) in [5, 5.41) is 9.94. The largest absolute Gasteiger partial charge is 0.416 e. The number of aliphatic hydroxyl groups excluding tert-OH is 1. The van der Waals surface area contributed by atoms with Gasteiger partial charge in [0.1, 0.15) is 0 Å². The zero-order chi connectivity index (χ0) is 15.5. The molecule has 0 fully saturated rings. The van der Waals surface area contributed by atoms with E-state index in [0.717, 1.165) is 6.07 Å². The lowest BCUT2D eigenvalue weighted by Crippen LogP contribution is -2.29. The molecule has 2 nitrogen and oxygen atoms in total. The summed E-state index contributed by atoms with van der Waals surface area (Å²) < 4.78 is 38.9. The lowest BCUT2D eigenvalue weighted by Gasteiger charge is -2.23. The van der Waals surface area contributed by atoms with Gasteiger partial charge in [-0.25, -0.2) is 0 Å². The maximum atomic E-state index is 13.0. The third kappa shape index (κ3) is 6.02. The van der Waals surface area contributed by atoms with Crippen LogP contribution >= 0.6 is 24.0 Å². The van der Waals surface area contributed by atoms with Gasteiger partial charge in [-0.2, -0.15) is 13.2 Å². The predicted octanol–water partition coefficient (Wildman–Crippen LogP) is 4.58. The molecule has 21 heavy (non-hydrogen) atoms. The first kappa shape index (κ1) is 20.5. The minimum atomic E-state index is -4.55. The molecule has 1 aromatic carbocycles. The van der Waals surface area contributed by atoms with Crippen LogP contribution < -0.4 is 5.73 Å². The normalized spacial score (nSPS) is 14.7. The van der Waals surface area contributed by atoms with Crippen molar-refractivity contribution in [3.05, 3.63) is 34.3 Å². The van der Waals surface area contributed by atoms with Crippen molar-refractivity contribution in [1.29, 1.82) is 0 Å². The second-order valence-corrected chi connectivity index (χ2v) is 5.73. The number of hydrogen-bond donors (Lipinski definition) is 2. The fraction of sp³-hybridized carbons (Fsp3) is 0.571. The summed E-state index contributed by atoms with van der Waals surface area (Å²) in [5.41, 5.74) is 4.76. The van der Waals surface area contributed by atoms with E-state index < -0.39 is 23.9 Å². The van der Waals surface area contributed by atoms with Gasteiger partial charge in [0.05, 0.1) is 17.7 Å². The molecular formula is C14H20Cl2F3NO. The van der Waals surface area contributed by atoms with Crippen LogP contribution in [-0.4, -0.2) is 11.2 Å². The minimum absolute atomic E-state index is 0. The van der Waals surface area contributed by atoms with Crippen LogP contribution in [0.3, 0.4) is 0 Å². The Labute approximate surface area is 133 Å².